The SMILES string of the molecule is CC[C@H](C)[C@H](NC(=O)[C@H](CC(C)C)NC(=O)[C@H](CCCN=C(N)N)NC(=O)[C@H](CC(C)C)NC(=O)[C@H](CC(C)C)NC(=O)[C@H](CC(C)C)NC(=O)[C@@H](N)CCCN=C(N)N)C(=O)N[C@@H](CC(C)C)C(=O)NCC(=O)N[C@@H](Cc1ccc(O)cc1)C(=O)O. The van der Waals surface area contributed by atoms with Crippen LogP contribution in [0.2, 0.25) is 0 Å². The van der Waals surface area contributed by atoms with Crippen LogP contribution in [0.3, 0.4) is 0 Å². The molecule has 1 aromatic carbocycles. The highest BCUT2D eigenvalue weighted by atomic mass is 16.4. The van der Waals surface area contributed by atoms with Crippen LogP contribution in [0.5, 0.6) is 5.75 Å². The molecule has 0 aromatic heterocycles. The molecule has 0 spiro atoms. The van der Waals surface area contributed by atoms with Gasteiger partial charge < -0.3 is 86.7 Å². The van der Waals surface area contributed by atoms with E-state index in [2.05, 4.69) is 57.8 Å². The normalized spacial score (nSPS) is 14.8. The molecule has 0 saturated carbocycles. The monoisotopic (exact) mass is 1230 g/mol. The first-order chi connectivity index (χ1) is 40.6. The van der Waals surface area contributed by atoms with Gasteiger partial charge in [-0.3, -0.25) is 53.1 Å². The van der Waals surface area contributed by atoms with E-state index < -0.39 is 126 Å². The van der Waals surface area contributed by atoms with Gasteiger partial charge in [-0.25, -0.2) is 4.79 Å². The van der Waals surface area contributed by atoms with Crippen molar-refractivity contribution < 1.29 is 58.2 Å². The average molecular weight is 1230 g/mol. The summed E-state index contributed by atoms with van der Waals surface area (Å²) in [6, 6.07) is -5.08. The Balaban J connectivity index is 3.49. The zero-order chi connectivity index (χ0) is 66.2. The van der Waals surface area contributed by atoms with Gasteiger partial charge in [0.2, 0.25) is 53.2 Å². The molecule has 1 aromatic rings. The Morgan fingerprint density at radius 3 is 1.21 bits per heavy atom. The van der Waals surface area contributed by atoms with E-state index in [9.17, 15) is 58.2 Å². The van der Waals surface area contributed by atoms with Gasteiger partial charge in [0, 0.05) is 19.5 Å². The largest absolute Gasteiger partial charge is 0.508 e. The third-order valence-corrected chi connectivity index (χ3v) is 13.8. The molecule has 9 amide bonds. The fraction of sp³-hybridized carbons (Fsp3) is 0.695. The second kappa shape index (κ2) is 39.8. The maximum atomic E-state index is 14.5. The van der Waals surface area contributed by atoms with E-state index in [1.807, 2.05) is 69.2 Å². The Labute approximate surface area is 512 Å². The summed E-state index contributed by atoms with van der Waals surface area (Å²) < 4.78 is 0. The highest BCUT2D eigenvalue weighted by Crippen LogP contribution is 2.17. The van der Waals surface area contributed by atoms with Gasteiger partial charge in [0.25, 0.3) is 0 Å². The molecule has 28 heteroatoms. The van der Waals surface area contributed by atoms with Gasteiger partial charge in [-0.1, -0.05) is 102 Å². The summed E-state index contributed by atoms with van der Waals surface area (Å²) in [6.07, 6.45) is 1.68. The molecule has 0 fully saturated rings. The first-order valence-corrected chi connectivity index (χ1v) is 30.2. The van der Waals surface area contributed by atoms with Crippen LogP contribution >= 0.6 is 0 Å². The van der Waals surface area contributed by atoms with Crippen LogP contribution in [0.15, 0.2) is 34.3 Å². The number of hydrogen-bond donors (Lipinski definition) is 16. The molecule has 0 aliphatic rings. The number of nitrogens with zero attached hydrogens (tertiary/aromatic N) is 2. The molecule has 0 radical (unpaired) electrons. The minimum absolute atomic E-state index is 0.0210. The van der Waals surface area contributed by atoms with E-state index in [0.29, 0.717) is 18.4 Å². The van der Waals surface area contributed by atoms with Crippen molar-refractivity contribution in [3.63, 3.8) is 0 Å². The van der Waals surface area contributed by atoms with Crippen LogP contribution in [-0.2, 0) is 54.4 Å². The predicted molar refractivity (Wildman–Crippen MR) is 332 cm³/mol. The molecule has 492 valence electrons. The number of benzene rings is 1. The summed E-state index contributed by atoms with van der Waals surface area (Å²) in [5.41, 5.74) is 28.6. The number of carboxylic acid groups (broad SMARTS) is 1. The van der Waals surface area contributed by atoms with Crippen molar-refractivity contribution in [2.75, 3.05) is 19.6 Å². The number of phenolic OH excluding ortho intramolecular Hbond substituents is 1. The zero-order valence-corrected chi connectivity index (χ0v) is 53.1. The lowest BCUT2D eigenvalue weighted by Gasteiger charge is -2.30. The Hall–Kier alpha value is -7.78. The molecule has 87 heavy (non-hydrogen) atoms. The molecular formula is C59H104N16O12. The number of nitrogens with two attached hydrogens (primary N) is 5. The number of aliphatic carboxylic acids is 1. The zero-order valence-electron chi connectivity index (χ0n) is 53.1. The fourth-order valence-electron chi connectivity index (χ4n) is 9.13. The number of rotatable bonds is 41. The second-order valence-corrected chi connectivity index (χ2v) is 24.4. The van der Waals surface area contributed by atoms with Crippen molar-refractivity contribution in [2.24, 2.45) is 74.2 Å². The summed E-state index contributed by atoms with van der Waals surface area (Å²) in [4.78, 5) is 146. The van der Waals surface area contributed by atoms with E-state index in [4.69, 9.17) is 28.7 Å². The second-order valence-electron chi connectivity index (χ2n) is 24.4. The van der Waals surface area contributed by atoms with Crippen molar-refractivity contribution in [3.05, 3.63) is 29.8 Å². The van der Waals surface area contributed by atoms with Crippen LogP contribution in [-0.4, -0.2) is 155 Å². The van der Waals surface area contributed by atoms with Gasteiger partial charge >= 0.3 is 5.97 Å². The fourth-order valence-corrected chi connectivity index (χ4v) is 9.13. The molecule has 0 heterocycles. The number of amides is 9. The maximum Gasteiger partial charge on any atom is 0.326 e. The number of guanidine groups is 2. The number of carbonyl (C=O) groups excluding carboxylic acids is 9. The van der Waals surface area contributed by atoms with Gasteiger partial charge in [0.05, 0.1) is 12.6 Å². The van der Waals surface area contributed by atoms with Gasteiger partial charge in [-0.15, -0.1) is 0 Å². The lowest BCUT2D eigenvalue weighted by Crippen LogP contribution is -2.61. The first-order valence-electron chi connectivity index (χ1n) is 30.2. The number of aromatic hydroxyl groups is 1. The van der Waals surface area contributed by atoms with Gasteiger partial charge in [0.15, 0.2) is 11.9 Å². The Bertz CT molecular complexity index is 2450. The summed E-state index contributed by atoms with van der Waals surface area (Å²) in [7, 11) is 0. The summed E-state index contributed by atoms with van der Waals surface area (Å²) in [5, 5.41) is 43.6. The number of carbonyl (C=O) groups is 10. The van der Waals surface area contributed by atoms with E-state index in [1.165, 1.54) is 24.3 Å². The summed E-state index contributed by atoms with van der Waals surface area (Å²) in [5.74, 6) is -9.38. The average Bonchev–Trinajstić information content (AvgIpc) is 2.80. The molecular weight excluding hydrogens is 1120 g/mol. The third-order valence-electron chi connectivity index (χ3n) is 13.8. The van der Waals surface area contributed by atoms with Gasteiger partial charge in [0.1, 0.15) is 54.1 Å². The van der Waals surface area contributed by atoms with Crippen molar-refractivity contribution in [1.29, 1.82) is 0 Å². The Morgan fingerprint density at radius 2 is 0.816 bits per heavy atom. The molecule has 21 N–H and O–H groups in total. The van der Waals surface area contributed by atoms with Crippen LogP contribution in [0.25, 0.3) is 0 Å². The molecule has 28 nitrogen and oxygen atoms in total. The Morgan fingerprint density at radius 1 is 0.460 bits per heavy atom. The van der Waals surface area contributed by atoms with Crippen LogP contribution in [0.1, 0.15) is 153 Å². The maximum absolute atomic E-state index is 14.5. The quantitative estimate of drug-likeness (QED) is 0.0228. The molecule has 0 saturated heterocycles. The van der Waals surface area contributed by atoms with Crippen LogP contribution in [0.4, 0.5) is 0 Å². The van der Waals surface area contributed by atoms with E-state index in [0.717, 1.165) is 0 Å². The van der Waals surface area contributed by atoms with Gasteiger partial charge in [-0.2, -0.15) is 0 Å². The molecule has 0 aliphatic carbocycles. The van der Waals surface area contributed by atoms with Crippen molar-refractivity contribution in [2.45, 2.75) is 208 Å². The minimum Gasteiger partial charge on any atom is -0.508 e. The summed E-state index contributed by atoms with van der Waals surface area (Å²) in [6.45, 7) is 21.5. The number of aliphatic imine (C=N–C) groups is 2. The van der Waals surface area contributed by atoms with E-state index in [1.54, 1.807) is 13.8 Å². The van der Waals surface area contributed by atoms with Crippen LogP contribution in [0, 0.1) is 35.5 Å². The van der Waals surface area contributed by atoms with Crippen molar-refractivity contribution >= 4 is 71.1 Å². The summed E-state index contributed by atoms with van der Waals surface area (Å²) >= 11 is 0. The molecule has 0 bridgehead atoms. The minimum atomic E-state index is -1.36. The van der Waals surface area contributed by atoms with E-state index in [-0.39, 0.29) is 118 Å². The molecule has 0 aliphatic heterocycles. The topological polar surface area (TPSA) is 474 Å². The predicted octanol–water partition coefficient (Wildman–Crippen LogP) is -0.275. The first kappa shape index (κ1) is 77.2. The van der Waals surface area contributed by atoms with E-state index >= 15 is 0 Å². The van der Waals surface area contributed by atoms with Gasteiger partial charge in [-0.05, 0) is 111 Å². The lowest BCUT2D eigenvalue weighted by molar-refractivity contribution is -0.141. The number of carboxylic acids is 1. The smallest absolute Gasteiger partial charge is 0.326 e. The highest BCUT2D eigenvalue weighted by Gasteiger charge is 2.37. The standard InChI is InChI=1S/C59H104N16O12/c1-13-36(12)48(56(85)74-41(24-31(2)3)50(79)67-30-47(77)68-46(57(86)87)29-37-18-20-38(76)21-19-37)75-55(84)45(28-35(10)11)71-51(80)40(17-15-23-66-59(63)64)69-52(81)43(26-33(6)7)72-54(83)44(27-34(8)9)73-53(82)42(25-32(4)5)70-49(78)39(60)16-14-22-65-58(61)62/h18-21,31-36,39-46,48,76H,13-17,22-30,60H2,1-12H3,(H,67,79)(H,68,77)(H,69,81)(H,70,78)(H,71,80)(H,72,83)(H,73,82)(H,74,85)(H,75,84)(H,86,87)(H4,61,62,65)(H4,63,64,66)/t36-,39-,40-,41-,42-,43-,44-,45-,46-,48-/m0/s1. The van der Waals surface area contributed by atoms with Crippen LogP contribution < -0.4 is 76.5 Å². The highest BCUT2D eigenvalue weighted by molar-refractivity contribution is 5.98. The third kappa shape index (κ3) is 32.0. The number of hydrogen-bond acceptors (Lipinski definition) is 14. The number of phenols is 1. The lowest BCUT2D eigenvalue weighted by atomic mass is 9.95. The van der Waals surface area contributed by atoms with Crippen molar-refractivity contribution in [1.82, 2.24) is 47.9 Å². The number of nitrogens with one attached hydrogen (secondary N) is 9. The Kier molecular flexibility index (Phi) is 35.4. The molecule has 1 rings (SSSR count). The molecule has 0 unspecified atom stereocenters. The van der Waals surface area contributed by atoms with Crippen molar-refractivity contribution in [3.8, 4) is 5.75 Å². The molecule has 10 atom stereocenters.